The summed E-state index contributed by atoms with van der Waals surface area (Å²) in [5.41, 5.74) is 0.914. The summed E-state index contributed by atoms with van der Waals surface area (Å²) in [6.07, 6.45) is 1.80. The maximum atomic E-state index is 11.3. The number of thiazole rings is 1. The van der Waals surface area contributed by atoms with Crippen LogP contribution in [0.25, 0.3) is 0 Å². The van der Waals surface area contributed by atoms with E-state index in [9.17, 15) is 9.90 Å². The van der Waals surface area contributed by atoms with Crippen LogP contribution in [0.5, 0.6) is 0 Å². The molecule has 0 radical (unpaired) electrons. The first-order valence-electron chi connectivity index (χ1n) is 6.57. The summed E-state index contributed by atoms with van der Waals surface area (Å²) in [6.45, 7) is 3.40. The number of rotatable bonds is 6. The van der Waals surface area contributed by atoms with Crippen molar-refractivity contribution in [1.29, 1.82) is 0 Å². The SMILES string of the molecule is C[C@@H](CN(C)Cc1c(Cl)cccc1C(=O)O)c1nccs1. The van der Waals surface area contributed by atoms with E-state index in [4.69, 9.17) is 11.6 Å². The molecule has 6 heteroatoms. The highest BCUT2D eigenvalue weighted by atomic mass is 35.5. The maximum Gasteiger partial charge on any atom is 0.336 e. The number of aromatic nitrogens is 1. The standard InChI is InChI=1S/C15H17ClN2O2S/c1-10(14-17-6-7-21-14)8-18(2)9-12-11(15(19)20)4-3-5-13(12)16/h3-7,10H,8-9H2,1-2H3,(H,19,20)/t10-/m0/s1. The average molecular weight is 325 g/mol. The first kappa shape index (κ1) is 15.9. The van der Waals surface area contributed by atoms with E-state index in [2.05, 4.69) is 16.8 Å². The number of nitrogens with zero attached hydrogens (tertiary/aromatic N) is 2. The minimum Gasteiger partial charge on any atom is -0.478 e. The topological polar surface area (TPSA) is 53.4 Å². The molecule has 0 aliphatic rings. The Kier molecular flexibility index (Phi) is 5.33. The summed E-state index contributed by atoms with van der Waals surface area (Å²) in [4.78, 5) is 17.7. The fraction of sp³-hybridized carbons (Fsp3) is 0.333. The van der Waals surface area contributed by atoms with Crippen molar-refractivity contribution in [3.05, 3.63) is 50.9 Å². The summed E-state index contributed by atoms with van der Waals surface area (Å²) in [7, 11) is 1.96. The molecule has 1 heterocycles. The Morgan fingerprint density at radius 2 is 2.29 bits per heavy atom. The van der Waals surface area contributed by atoms with Crippen molar-refractivity contribution in [2.45, 2.75) is 19.4 Å². The molecule has 0 unspecified atom stereocenters. The van der Waals surface area contributed by atoms with Gasteiger partial charge < -0.3 is 10.0 Å². The Morgan fingerprint density at radius 1 is 1.52 bits per heavy atom. The number of benzene rings is 1. The fourth-order valence-corrected chi connectivity index (χ4v) is 3.20. The lowest BCUT2D eigenvalue weighted by Gasteiger charge is -2.21. The molecular weight excluding hydrogens is 308 g/mol. The predicted octanol–water partition coefficient (Wildman–Crippen LogP) is 3.73. The van der Waals surface area contributed by atoms with E-state index in [0.717, 1.165) is 11.6 Å². The molecular formula is C15H17ClN2O2S. The van der Waals surface area contributed by atoms with Gasteiger partial charge in [-0.25, -0.2) is 9.78 Å². The van der Waals surface area contributed by atoms with Gasteiger partial charge in [0.2, 0.25) is 0 Å². The van der Waals surface area contributed by atoms with Crippen molar-refractivity contribution in [1.82, 2.24) is 9.88 Å². The van der Waals surface area contributed by atoms with Crippen molar-refractivity contribution >= 4 is 28.9 Å². The Bertz CT molecular complexity index is 616. The quantitative estimate of drug-likeness (QED) is 0.879. The Labute approximate surface area is 133 Å². The Morgan fingerprint density at radius 3 is 2.90 bits per heavy atom. The third-order valence-electron chi connectivity index (χ3n) is 3.24. The molecule has 1 aromatic heterocycles. The summed E-state index contributed by atoms with van der Waals surface area (Å²) in [6, 6.07) is 4.97. The molecule has 2 rings (SSSR count). The van der Waals surface area contributed by atoms with E-state index in [1.54, 1.807) is 35.7 Å². The van der Waals surface area contributed by atoms with Gasteiger partial charge >= 0.3 is 5.97 Å². The molecule has 0 fully saturated rings. The Hall–Kier alpha value is -1.43. The zero-order valence-electron chi connectivity index (χ0n) is 11.9. The van der Waals surface area contributed by atoms with Crippen molar-refractivity contribution in [3.63, 3.8) is 0 Å². The van der Waals surface area contributed by atoms with Gasteiger partial charge in [-0.15, -0.1) is 11.3 Å². The second-order valence-electron chi connectivity index (χ2n) is 5.04. The molecule has 0 saturated heterocycles. The van der Waals surface area contributed by atoms with Gasteiger partial charge in [0.1, 0.15) is 0 Å². The van der Waals surface area contributed by atoms with Crippen molar-refractivity contribution < 1.29 is 9.90 Å². The minimum absolute atomic E-state index is 0.260. The average Bonchev–Trinajstić information content (AvgIpc) is 2.94. The lowest BCUT2D eigenvalue weighted by Crippen LogP contribution is -2.24. The van der Waals surface area contributed by atoms with Crippen LogP contribution in [0, 0.1) is 0 Å². The zero-order chi connectivity index (χ0) is 15.4. The van der Waals surface area contributed by atoms with Crippen LogP contribution in [0.15, 0.2) is 29.8 Å². The molecule has 1 N–H and O–H groups in total. The molecule has 2 aromatic rings. The van der Waals surface area contributed by atoms with Gasteiger partial charge in [0.05, 0.1) is 10.6 Å². The Balaban J connectivity index is 2.09. The minimum atomic E-state index is -0.950. The zero-order valence-corrected chi connectivity index (χ0v) is 13.5. The van der Waals surface area contributed by atoms with Crippen molar-refractivity contribution in [2.24, 2.45) is 0 Å². The van der Waals surface area contributed by atoms with E-state index in [-0.39, 0.29) is 5.56 Å². The van der Waals surface area contributed by atoms with Crippen LogP contribution < -0.4 is 0 Å². The lowest BCUT2D eigenvalue weighted by molar-refractivity contribution is 0.0694. The number of aromatic carboxylic acids is 1. The number of likely N-dealkylation sites (N-methyl/N-ethyl adjacent to an activating group) is 1. The highest BCUT2D eigenvalue weighted by Gasteiger charge is 2.17. The van der Waals surface area contributed by atoms with Crippen LogP contribution >= 0.6 is 22.9 Å². The molecule has 112 valence electrons. The molecule has 0 bridgehead atoms. The number of carboxylic acids is 1. The van der Waals surface area contributed by atoms with Crippen molar-refractivity contribution in [2.75, 3.05) is 13.6 Å². The largest absolute Gasteiger partial charge is 0.478 e. The molecule has 1 aromatic carbocycles. The van der Waals surface area contributed by atoms with Crippen LogP contribution in [0.1, 0.15) is 33.8 Å². The fourth-order valence-electron chi connectivity index (χ4n) is 2.28. The monoisotopic (exact) mass is 324 g/mol. The normalized spacial score (nSPS) is 12.6. The highest BCUT2D eigenvalue weighted by Crippen LogP contribution is 2.24. The highest BCUT2D eigenvalue weighted by molar-refractivity contribution is 7.09. The second-order valence-corrected chi connectivity index (χ2v) is 6.37. The van der Waals surface area contributed by atoms with Gasteiger partial charge in [-0.3, -0.25) is 0 Å². The lowest BCUT2D eigenvalue weighted by atomic mass is 10.1. The van der Waals surface area contributed by atoms with Gasteiger partial charge in [-0.1, -0.05) is 24.6 Å². The molecule has 4 nitrogen and oxygen atoms in total. The maximum absolute atomic E-state index is 11.3. The molecule has 0 aliphatic heterocycles. The molecule has 0 spiro atoms. The predicted molar refractivity (Wildman–Crippen MR) is 85.3 cm³/mol. The first-order valence-corrected chi connectivity index (χ1v) is 7.83. The summed E-state index contributed by atoms with van der Waals surface area (Å²) in [5, 5.41) is 12.8. The first-order chi connectivity index (χ1) is 9.99. The van der Waals surface area contributed by atoms with Crippen LogP contribution in [-0.4, -0.2) is 34.6 Å². The van der Waals surface area contributed by atoms with E-state index < -0.39 is 5.97 Å². The van der Waals surface area contributed by atoms with Crippen LogP contribution in [0.3, 0.4) is 0 Å². The second kappa shape index (κ2) is 7.02. The summed E-state index contributed by atoms with van der Waals surface area (Å²) in [5.74, 6) is -0.653. The number of hydrogen-bond donors (Lipinski definition) is 1. The third kappa shape index (κ3) is 4.03. The van der Waals surface area contributed by atoms with E-state index in [1.165, 1.54) is 0 Å². The molecule has 1 atom stereocenters. The van der Waals surface area contributed by atoms with Crippen molar-refractivity contribution in [3.8, 4) is 0 Å². The van der Waals surface area contributed by atoms with Gasteiger partial charge in [-0.2, -0.15) is 0 Å². The molecule has 21 heavy (non-hydrogen) atoms. The smallest absolute Gasteiger partial charge is 0.336 e. The van der Waals surface area contributed by atoms with Gasteiger partial charge in [0.25, 0.3) is 0 Å². The molecule has 0 amide bonds. The van der Waals surface area contributed by atoms with Crippen LogP contribution in [0.2, 0.25) is 5.02 Å². The van der Waals surface area contributed by atoms with E-state index >= 15 is 0 Å². The number of carboxylic acid groups (broad SMARTS) is 1. The van der Waals surface area contributed by atoms with Gasteiger partial charge in [0, 0.05) is 35.6 Å². The number of carbonyl (C=O) groups is 1. The summed E-state index contributed by atoms with van der Waals surface area (Å²) >= 11 is 7.79. The van der Waals surface area contributed by atoms with E-state index in [0.29, 0.717) is 23.0 Å². The van der Waals surface area contributed by atoms with Crippen LogP contribution in [0.4, 0.5) is 0 Å². The number of halogens is 1. The molecule has 0 aliphatic carbocycles. The van der Waals surface area contributed by atoms with Gasteiger partial charge in [-0.05, 0) is 24.7 Å². The third-order valence-corrected chi connectivity index (χ3v) is 4.60. The number of hydrogen-bond acceptors (Lipinski definition) is 4. The van der Waals surface area contributed by atoms with Crippen LogP contribution in [-0.2, 0) is 6.54 Å². The molecule has 0 saturated carbocycles. The van der Waals surface area contributed by atoms with Gasteiger partial charge in [0.15, 0.2) is 0 Å². The van der Waals surface area contributed by atoms with E-state index in [1.807, 2.05) is 12.4 Å². The summed E-state index contributed by atoms with van der Waals surface area (Å²) < 4.78 is 0.